The average molecular weight is 232 g/mol. The summed E-state index contributed by atoms with van der Waals surface area (Å²) in [6.45, 7) is 8.17. The zero-order valence-electron chi connectivity index (χ0n) is 10.7. The van der Waals surface area contributed by atoms with E-state index in [2.05, 4.69) is 16.9 Å². The van der Waals surface area contributed by atoms with Gasteiger partial charge in [0, 0.05) is 24.9 Å². The molecule has 4 nitrogen and oxygen atoms in total. The van der Waals surface area contributed by atoms with Gasteiger partial charge in [0.25, 0.3) is 0 Å². The van der Waals surface area contributed by atoms with Crippen molar-refractivity contribution in [2.24, 2.45) is 16.5 Å². The highest BCUT2D eigenvalue weighted by atomic mass is 14.9. The van der Waals surface area contributed by atoms with Gasteiger partial charge < -0.3 is 16.8 Å². The van der Waals surface area contributed by atoms with Crippen LogP contribution in [0.4, 0.5) is 5.69 Å². The van der Waals surface area contributed by atoms with Gasteiger partial charge in [-0.05, 0) is 31.0 Å². The molecule has 0 radical (unpaired) electrons. The maximum absolute atomic E-state index is 5.75. The molecule has 0 aromatic heterocycles. The van der Waals surface area contributed by atoms with Gasteiger partial charge in [0.1, 0.15) is 0 Å². The lowest BCUT2D eigenvalue weighted by molar-refractivity contribution is 1.05. The Labute approximate surface area is 102 Å². The van der Waals surface area contributed by atoms with Crippen LogP contribution in [-0.4, -0.2) is 12.9 Å². The van der Waals surface area contributed by atoms with Crippen LogP contribution in [0.15, 0.2) is 23.7 Å². The number of aliphatic imine (C=N–C) groups is 1. The second kappa shape index (κ2) is 5.50. The van der Waals surface area contributed by atoms with Crippen molar-refractivity contribution < 1.29 is 0 Å². The highest BCUT2D eigenvalue weighted by molar-refractivity contribution is 5.85. The third-order valence-corrected chi connectivity index (χ3v) is 2.47. The molecule has 0 amide bonds. The van der Waals surface area contributed by atoms with Crippen molar-refractivity contribution in [3.63, 3.8) is 0 Å². The van der Waals surface area contributed by atoms with Crippen LogP contribution in [0.5, 0.6) is 0 Å². The first-order valence-electron chi connectivity index (χ1n) is 5.51. The van der Waals surface area contributed by atoms with Crippen LogP contribution in [0.3, 0.4) is 0 Å². The van der Waals surface area contributed by atoms with Crippen LogP contribution in [0.1, 0.15) is 23.6 Å². The molecule has 1 rings (SSSR count). The molecule has 0 saturated heterocycles. The molecule has 0 fully saturated rings. The summed E-state index contributed by atoms with van der Waals surface area (Å²) in [7, 11) is 1.83. The minimum Gasteiger partial charge on any atom is -0.388 e. The van der Waals surface area contributed by atoms with E-state index in [0.717, 1.165) is 28.1 Å². The Bertz CT molecular complexity index is 457. The van der Waals surface area contributed by atoms with Gasteiger partial charge in [0.2, 0.25) is 0 Å². The first-order chi connectivity index (χ1) is 7.99. The second-order valence-electron chi connectivity index (χ2n) is 4.01. The Morgan fingerprint density at radius 1 is 1.47 bits per heavy atom. The summed E-state index contributed by atoms with van der Waals surface area (Å²) in [6.07, 6.45) is 0. The van der Waals surface area contributed by atoms with E-state index in [4.69, 9.17) is 11.5 Å². The quantitative estimate of drug-likeness (QED) is 0.545. The van der Waals surface area contributed by atoms with Gasteiger partial charge in [-0.25, -0.2) is 4.99 Å². The molecule has 4 heteroatoms. The average Bonchev–Trinajstić information content (AvgIpc) is 2.29. The van der Waals surface area contributed by atoms with Crippen LogP contribution >= 0.6 is 0 Å². The topological polar surface area (TPSA) is 76.4 Å². The van der Waals surface area contributed by atoms with Crippen molar-refractivity contribution in [3.8, 4) is 0 Å². The molecule has 0 aliphatic carbocycles. The molecule has 0 atom stereocenters. The van der Waals surface area contributed by atoms with Crippen LogP contribution in [-0.2, 0) is 6.54 Å². The van der Waals surface area contributed by atoms with Crippen LogP contribution < -0.4 is 16.8 Å². The van der Waals surface area contributed by atoms with Crippen molar-refractivity contribution in [1.29, 1.82) is 0 Å². The maximum atomic E-state index is 5.75. The molecule has 0 bridgehead atoms. The van der Waals surface area contributed by atoms with Crippen molar-refractivity contribution >= 4 is 17.2 Å². The molecule has 0 aliphatic heterocycles. The van der Waals surface area contributed by atoms with E-state index in [1.165, 1.54) is 0 Å². The Balaban J connectivity index is 3.49. The van der Waals surface area contributed by atoms with E-state index in [9.17, 15) is 0 Å². The fourth-order valence-electron chi connectivity index (χ4n) is 1.68. The third-order valence-electron chi connectivity index (χ3n) is 2.47. The summed E-state index contributed by atoms with van der Waals surface area (Å²) in [5, 5.41) is 3.03. The van der Waals surface area contributed by atoms with Crippen molar-refractivity contribution in [2.75, 3.05) is 7.05 Å². The molecule has 0 unspecified atom stereocenters. The summed E-state index contributed by atoms with van der Waals surface area (Å²) in [4.78, 5) is 4.35. The predicted molar refractivity (Wildman–Crippen MR) is 74.1 cm³/mol. The second-order valence-corrected chi connectivity index (χ2v) is 4.01. The first kappa shape index (κ1) is 13.3. The number of nitrogens with one attached hydrogen (secondary N) is 1. The fraction of sp³-hybridized carbons (Fsp3) is 0.308. The van der Waals surface area contributed by atoms with E-state index in [1.54, 1.807) is 6.92 Å². The summed E-state index contributed by atoms with van der Waals surface area (Å²) < 4.78 is 0. The molecule has 5 N–H and O–H groups in total. The van der Waals surface area contributed by atoms with Crippen LogP contribution in [0.2, 0.25) is 0 Å². The number of benzene rings is 1. The third kappa shape index (κ3) is 3.07. The van der Waals surface area contributed by atoms with E-state index in [0.29, 0.717) is 12.4 Å². The number of rotatable bonds is 4. The number of nitrogens with two attached hydrogens (primary N) is 2. The van der Waals surface area contributed by atoms with Crippen molar-refractivity contribution in [1.82, 2.24) is 5.32 Å². The zero-order chi connectivity index (χ0) is 13.0. The predicted octanol–water partition coefficient (Wildman–Crippen LogP) is 1.65. The Kier molecular flexibility index (Phi) is 4.29. The van der Waals surface area contributed by atoms with Gasteiger partial charge in [0.05, 0.1) is 11.5 Å². The largest absolute Gasteiger partial charge is 0.388 e. The minimum atomic E-state index is 0.428. The number of nitrogens with zero attached hydrogens (tertiary/aromatic N) is 1. The standard InChI is InChI=1S/C13H20N4/c1-8-5-11(7-14)13(17-10(3)15)12(6-8)9(2)16-4/h5-6,16H,2,7,14H2,1,3-4H3,(H2,15,17). The maximum Gasteiger partial charge on any atom is 0.0965 e. The van der Waals surface area contributed by atoms with E-state index in [-0.39, 0.29) is 0 Å². The highest BCUT2D eigenvalue weighted by Gasteiger charge is 2.10. The molecule has 0 heterocycles. The monoisotopic (exact) mass is 232 g/mol. The lowest BCUT2D eigenvalue weighted by Crippen LogP contribution is -2.09. The van der Waals surface area contributed by atoms with E-state index in [1.807, 2.05) is 26.1 Å². The Hall–Kier alpha value is -1.81. The van der Waals surface area contributed by atoms with E-state index < -0.39 is 0 Å². The normalized spacial score (nSPS) is 11.4. The van der Waals surface area contributed by atoms with Crippen molar-refractivity contribution in [2.45, 2.75) is 20.4 Å². The van der Waals surface area contributed by atoms with Gasteiger partial charge >= 0.3 is 0 Å². The Morgan fingerprint density at radius 3 is 2.59 bits per heavy atom. The van der Waals surface area contributed by atoms with E-state index >= 15 is 0 Å². The molecule has 92 valence electrons. The number of amidine groups is 1. The highest BCUT2D eigenvalue weighted by Crippen LogP contribution is 2.30. The lowest BCUT2D eigenvalue weighted by atomic mass is 10.0. The van der Waals surface area contributed by atoms with Gasteiger partial charge in [-0.2, -0.15) is 0 Å². The van der Waals surface area contributed by atoms with Gasteiger partial charge in [-0.1, -0.05) is 12.6 Å². The molecule has 17 heavy (non-hydrogen) atoms. The van der Waals surface area contributed by atoms with Gasteiger partial charge in [-0.15, -0.1) is 0 Å². The first-order valence-corrected chi connectivity index (χ1v) is 5.51. The SMILES string of the molecule is C=C(NC)c1cc(C)cc(CN)c1N=C(C)N. The van der Waals surface area contributed by atoms with Crippen LogP contribution in [0, 0.1) is 6.92 Å². The molecule has 0 aliphatic rings. The van der Waals surface area contributed by atoms with Crippen LogP contribution in [0.25, 0.3) is 5.70 Å². The number of hydrogen-bond donors (Lipinski definition) is 3. The van der Waals surface area contributed by atoms with Gasteiger partial charge in [-0.3, -0.25) is 0 Å². The lowest BCUT2D eigenvalue weighted by Gasteiger charge is -2.14. The molecular weight excluding hydrogens is 212 g/mol. The molecule has 1 aromatic carbocycles. The summed E-state index contributed by atoms with van der Waals surface area (Å²) in [5.74, 6) is 0.508. The Morgan fingerprint density at radius 2 is 2.12 bits per heavy atom. The number of aryl methyl sites for hydroxylation is 1. The number of hydrogen-bond acceptors (Lipinski definition) is 3. The summed E-state index contributed by atoms with van der Waals surface area (Å²) >= 11 is 0. The molecule has 1 aromatic rings. The molecular formula is C13H20N4. The minimum absolute atomic E-state index is 0.428. The zero-order valence-corrected chi connectivity index (χ0v) is 10.7. The smallest absolute Gasteiger partial charge is 0.0965 e. The van der Waals surface area contributed by atoms with Gasteiger partial charge in [0.15, 0.2) is 0 Å². The molecule has 0 spiro atoms. The molecule has 0 saturated carbocycles. The fourth-order valence-corrected chi connectivity index (χ4v) is 1.68. The summed E-state index contributed by atoms with van der Waals surface area (Å²) in [5.41, 5.74) is 16.1. The van der Waals surface area contributed by atoms with Crippen molar-refractivity contribution in [3.05, 3.63) is 35.4 Å². The summed E-state index contributed by atoms with van der Waals surface area (Å²) in [6, 6.07) is 4.05.